The summed E-state index contributed by atoms with van der Waals surface area (Å²) in [6.07, 6.45) is 1.62. The van der Waals surface area contributed by atoms with Gasteiger partial charge in [-0.25, -0.2) is 0 Å². The maximum absolute atomic E-state index is 12.5. The third-order valence-corrected chi connectivity index (χ3v) is 4.84. The average molecular weight is 314 g/mol. The highest BCUT2D eigenvalue weighted by Gasteiger charge is 2.32. The van der Waals surface area contributed by atoms with Crippen molar-refractivity contribution in [2.75, 3.05) is 0 Å². The topological polar surface area (TPSA) is 63.4 Å². The van der Waals surface area contributed by atoms with Gasteiger partial charge in [-0.2, -0.15) is 11.3 Å². The van der Waals surface area contributed by atoms with Crippen molar-refractivity contribution in [3.63, 3.8) is 0 Å². The van der Waals surface area contributed by atoms with Gasteiger partial charge in [-0.15, -0.1) is 0 Å². The van der Waals surface area contributed by atoms with Crippen LogP contribution in [-0.4, -0.2) is 22.8 Å². The highest BCUT2D eigenvalue weighted by Crippen LogP contribution is 2.24. The number of rotatable bonds is 4. The Balaban J connectivity index is 1.75. The second-order valence-corrected chi connectivity index (χ2v) is 6.32. The predicted octanol–water partition coefficient (Wildman–Crippen LogP) is 2.12. The minimum atomic E-state index is -0.537. The number of primary amides is 1. The van der Waals surface area contributed by atoms with Crippen molar-refractivity contribution in [1.82, 2.24) is 4.90 Å². The van der Waals surface area contributed by atoms with Crippen LogP contribution in [0.2, 0.25) is 0 Å². The van der Waals surface area contributed by atoms with Crippen LogP contribution < -0.4 is 5.73 Å². The van der Waals surface area contributed by atoms with Crippen LogP contribution in [0.5, 0.6) is 0 Å². The Morgan fingerprint density at radius 1 is 1.23 bits per heavy atom. The van der Waals surface area contributed by atoms with E-state index >= 15 is 0 Å². The Morgan fingerprint density at radius 2 is 2.00 bits per heavy atom. The van der Waals surface area contributed by atoms with Crippen LogP contribution in [0, 0.1) is 0 Å². The van der Waals surface area contributed by atoms with Gasteiger partial charge < -0.3 is 10.6 Å². The molecule has 3 rings (SSSR count). The highest BCUT2D eigenvalue weighted by atomic mass is 32.1. The molecule has 2 aromatic rings. The fourth-order valence-corrected chi connectivity index (χ4v) is 3.57. The molecule has 0 aliphatic carbocycles. The van der Waals surface area contributed by atoms with E-state index in [4.69, 9.17) is 5.73 Å². The van der Waals surface area contributed by atoms with Crippen LogP contribution in [0.1, 0.15) is 23.1 Å². The molecule has 1 aliphatic rings. The minimum Gasteiger partial charge on any atom is -0.368 e. The summed E-state index contributed by atoms with van der Waals surface area (Å²) >= 11 is 1.62. The molecular weight excluding hydrogens is 296 g/mol. The number of hydrogen-bond acceptors (Lipinski definition) is 3. The van der Waals surface area contributed by atoms with Gasteiger partial charge in [0.15, 0.2) is 0 Å². The number of benzene rings is 1. The van der Waals surface area contributed by atoms with E-state index in [1.54, 1.807) is 16.2 Å². The molecule has 1 aromatic heterocycles. The molecule has 0 unspecified atom stereocenters. The number of carbonyl (C=O) groups is 2. The monoisotopic (exact) mass is 314 g/mol. The van der Waals surface area contributed by atoms with Crippen molar-refractivity contribution in [1.29, 1.82) is 0 Å². The number of fused-ring (bicyclic) bond motifs is 1. The molecule has 0 radical (unpaired) electrons. The van der Waals surface area contributed by atoms with Crippen molar-refractivity contribution < 1.29 is 9.59 Å². The summed E-state index contributed by atoms with van der Waals surface area (Å²) in [5, 5.41) is 4.05. The lowest BCUT2D eigenvalue weighted by atomic mass is 9.93. The number of thiophene rings is 1. The van der Waals surface area contributed by atoms with Gasteiger partial charge in [0.25, 0.3) is 0 Å². The molecule has 4 nitrogen and oxygen atoms in total. The third kappa shape index (κ3) is 3.04. The van der Waals surface area contributed by atoms with Crippen molar-refractivity contribution in [3.8, 4) is 0 Å². The first-order chi connectivity index (χ1) is 10.6. The quantitative estimate of drug-likeness (QED) is 0.939. The fraction of sp³-hybridized carbons (Fsp3) is 0.294. The van der Waals surface area contributed by atoms with Crippen LogP contribution in [0.25, 0.3) is 0 Å². The number of amides is 2. The van der Waals surface area contributed by atoms with E-state index in [-0.39, 0.29) is 5.91 Å². The van der Waals surface area contributed by atoms with Gasteiger partial charge in [-0.05, 0) is 39.9 Å². The summed E-state index contributed by atoms with van der Waals surface area (Å²) in [6.45, 7) is 0.465. The second kappa shape index (κ2) is 6.32. The summed E-state index contributed by atoms with van der Waals surface area (Å²) in [6, 6.07) is 9.39. The van der Waals surface area contributed by atoms with Crippen LogP contribution in [0.4, 0.5) is 0 Å². The van der Waals surface area contributed by atoms with Gasteiger partial charge in [0.1, 0.15) is 6.04 Å². The number of hydrogen-bond donors (Lipinski definition) is 1. The van der Waals surface area contributed by atoms with Crippen LogP contribution >= 0.6 is 11.3 Å². The zero-order valence-electron chi connectivity index (χ0n) is 12.2. The lowest BCUT2D eigenvalue weighted by Crippen LogP contribution is -2.51. The van der Waals surface area contributed by atoms with Gasteiger partial charge in [0.05, 0.1) is 0 Å². The zero-order chi connectivity index (χ0) is 15.5. The molecule has 0 fully saturated rings. The molecule has 0 bridgehead atoms. The molecule has 114 valence electrons. The van der Waals surface area contributed by atoms with E-state index < -0.39 is 11.9 Å². The van der Waals surface area contributed by atoms with Crippen LogP contribution in [-0.2, 0) is 29.0 Å². The molecule has 1 aromatic carbocycles. The molecule has 5 heteroatoms. The van der Waals surface area contributed by atoms with E-state index in [2.05, 4.69) is 0 Å². The normalized spacial score (nSPS) is 17.1. The van der Waals surface area contributed by atoms with Gasteiger partial charge in [-0.1, -0.05) is 24.3 Å². The Kier molecular flexibility index (Phi) is 4.24. The fourth-order valence-electron chi connectivity index (χ4n) is 2.87. The SMILES string of the molecule is NC(=O)[C@@H]1Cc2ccccc2CN1C(=O)CCc1ccsc1. The molecule has 1 aliphatic heterocycles. The molecule has 2 heterocycles. The summed E-state index contributed by atoms with van der Waals surface area (Å²) in [4.78, 5) is 25.9. The van der Waals surface area contributed by atoms with Gasteiger partial charge in [0, 0.05) is 19.4 Å². The van der Waals surface area contributed by atoms with E-state index in [1.165, 1.54) is 0 Å². The molecule has 0 saturated heterocycles. The highest BCUT2D eigenvalue weighted by molar-refractivity contribution is 7.07. The van der Waals surface area contributed by atoms with E-state index in [0.29, 0.717) is 25.8 Å². The average Bonchev–Trinajstić information content (AvgIpc) is 3.04. The second-order valence-electron chi connectivity index (χ2n) is 5.54. The molecule has 1 atom stereocenters. The number of nitrogens with zero attached hydrogens (tertiary/aromatic N) is 1. The smallest absolute Gasteiger partial charge is 0.240 e. The number of carbonyl (C=O) groups excluding carboxylic acids is 2. The molecule has 0 spiro atoms. The summed E-state index contributed by atoms with van der Waals surface area (Å²) in [5.41, 5.74) is 8.88. The van der Waals surface area contributed by atoms with Gasteiger partial charge in [0.2, 0.25) is 11.8 Å². The maximum atomic E-state index is 12.5. The van der Waals surface area contributed by atoms with Gasteiger partial charge >= 0.3 is 0 Å². The summed E-state index contributed by atoms with van der Waals surface area (Å²) < 4.78 is 0. The lowest BCUT2D eigenvalue weighted by Gasteiger charge is -2.35. The standard InChI is InChI=1S/C17H18N2O2S/c18-17(21)15-9-13-3-1-2-4-14(13)10-19(15)16(20)6-5-12-7-8-22-11-12/h1-4,7-8,11,15H,5-6,9-10H2,(H2,18,21)/t15-/m0/s1. The molecule has 0 saturated carbocycles. The number of nitrogens with two attached hydrogens (primary N) is 1. The minimum absolute atomic E-state index is 0.00972. The third-order valence-electron chi connectivity index (χ3n) is 4.10. The van der Waals surface area contributed by atoms with Crippen molar-refractivity contribution in [2.24, 2.45) is 5.73 Å². The Morgan fingerprint density at radius 3 is 2.68 bits per heavy atom. The van der Waals surface area contributed by atoms with E-state index in [1.807, 2.05) is 41.1 Å². The molecule has 2 N–H and O–H groups in total. The lowest BCUT2D eigenvalue weighted by molar-refractivity contribution is -0.140. The zero-order valence-corrected chi connectivity index (χ0v) is 13.0. The predicted molar refractivity (Wildman–Crippen MR) is 86.3 cm³/mol. The molecule has 2 amide bonds. The van der Waals surface area contributed by atoms with E-state index in [9.17, 15) is 9.59 Å². The Hall–Kier alpha value is -2.14. The first kappa shape index (κ1) is 14.8. The summed E-state index contributed by atoms with van der Waals surface area (Å²) in [7, 11) is 0. The first-order valence-electron chi connectivity index (χ1n) is 7.32. The molecular formula is C17H18N2O2S. The van der Waals surface area contributed by atoms with Crippen LogP contribution in [0.3, 0.4) is 0 Å². The van der Waals surface area contributed by atoms with Gasteiger partial charge in [-0.3, -0.25) is 9.59 Å². The molecule has 22 heavy (non-hydrogen) atoms. The van der Waals surface area contributed by atoms with E-state index in [0.717, 1.165) is 16.7 Å². The largest absolute Gasteiger partial charge is 0.368 e. The summed E-state index contributed by atoms with van der Waals surface area (Å²) in [5.74, 6) is -0.442. The van der Waals surface area contributed by atoms with Crippen molar-refractivity contribution in [2.45, 2.75) is 31.8 Å². The van der Waals surface area contributed by atoms with Crippen molar-refractivity contribution in [3.05, 3.63) is 57.8 Å². The van der Waals surface area contributed by atoms with Crippen LogP contribution in [0.15, 0.2) is 41.1 Å². The van der Waals surface area contributed by atoms with Crippen molar-refractivity contribution >= 4 is 23.2 Å². The maximum Gasteiger partial charge on any atom is 0.240 e. The number of aryl methyl sites for hydroxylation is 1. The Bertz CT molecular complexity index is 682. The Labute approximate surface area is 133 Å². The first-order valence-corrected chi connectivity index (χ1v) is 8.26.